The molecule has 2 aromatic rings. The van der Waals surface area contributed by atoms with Gasteiger partial charge in [-0.05, 0) is 12.1 Å². The van der Waals surface area contributed by atoms with Crippen molar-refractivity contribution in [1.29, 1.82) is 0 Å². The Morgan fingerprint density at radius 3 is 3.20 bits per heavy atom. The Morgan fingerprint density at radius 1 is 1.55 bits per heavy atom. The smallest absolute Gasteiger partial charge is 0.236 e. The fraction of sp³-hybridized carbons (Fsp3) is 0.385. The fourth-order valence-corrected chi connectivity index (χ4v) is 2.35. The van der Waals surface area contributed by atoms with Gasteiger partial charge in [0.15, 0.2) is 5.76 Å². The first kappa shape index (κ1) is 12.9. The number of nitrogens with zero attached hydrogens (tertiary/aromatic N) is 2. The zero-order valence-corrected chi connectivity index (χ0v) is 10.9. The second kappa shape index (κ2) is 5.48. The van der Waals surface area contributed by atoms with Gasteiger partial charge in [0.25, 0.3) is 0 Å². The number of aromatic nitrogens is 1. The molecule has 7 nitrogen and oxygen atoms in total. The van der Waals surface area contributed by atoms with Crippen LogP contribution >= 0.6 is 0 Å². The number of hydrogen-bond acceptors (Lipinski definition) is 6. The Labute approximate surface area is 115 Å². The van der Waals surface area contributed by atoms with E-state index in [1.165, 1.54) is 0 Å². The first-order valence-electron chi connectivity index (χ1n) is 6.47. The normalized spacial score (nSPS) is 20.1. The molecule has 1 unspecified atom stereocenters. The number of piperazine rings is 1. The van der Waals surface area contributed by atoms with Crippen molar-refractivity contribution in [3.8, 4) is 11.5 Å². The largest absolute Gasteiger partial charge is 0.461 e. The molecule has 1 aliphatic rings. The molecule has 3 heterocycles. The number of carbonyl (C=O) groups is 1. The van der Waals surface area contributed by atoms with Crippen molar-refractivity contribution in [1.82, 2.24) is 15.4 Å². The summed E-state index contributed by atoms with van der Waals surface area (Å²) >= 11 is 0. The molecule has 1 aliphatic heterocycles. The van der Waals surface area contributed by atoms with Crippen molar-refractivity contribution < 1.29 is 13.7 Å². The summed E-state index contributed by atoms with van der Waals surface area (Å²) in [7, 11) is 0. The fourth-order valence-electron chi connectivity index (χ4n) is 2.35. The minimum Gasteiger partial charge on any atom is -0.461 e. The van der Waals surface area contributed by atoms with E-state index in [4.69, 9.17) is 14.7 Å². The van der Waals surface area contributed by atoms with Crippen LogP contribution in [0.4, 0.5) is 0 Å². The van der Waals surface area contributed by atoms with E-state index in [0.29, 0.717) is 24.6 Å². The lowest BCUT2D eigenvalue weighted by Crippen LogP contribution is -2.56. The first-order chi connectivity index (χ1) is 9.74. The number of hydrogen-bond donors (Lipinski definition) is 2. The van der Waals surface area contributed by atoms with E-state index in [9.17, 15) is 4.79 Å². The molecule has 7 heteroatoms. The molecule has 20 heavy (non-hydrogen) atoms. The molecule has 0 saturated carbocycles. The monoisotopic (exact) mass is 276 g/mol. The Kier molecular flexibility index (Phi) is 3.53. The van der Waals surface area contributed by atoms with Gasteiger partial charge >= 0.3 is 0 Å². The van der Waals surface area contributed by atoms with Gasteiger partial charge in [0, 0.05) is 32.2 Å². The summed E-state index contributed by atoms with van der Waals surface area (Å²) < 4.78 is 10.5. The maximum absolute atomic E-state index is 11.4. The summed E-state index contributed by atoms with van der Waals surface area (Å²) in [5, 5.41) is 7.17. The first-order valence-corrected chi connectivity index (χ1v) is 6.47. The van der Waals surface area contributed by atoms with Gasteiger partial charge in [0.05, 0.1) is 12.0 Å². The topological polar surface area (TPSA) is 97.5 Å². The number of nitrogens with two attached hydrogens (primary N) is 1. The SMILES string of the molecule is NC(=O)C1CNCCN1Cc1cc(-c2ccco2)on1. The zero-order valence-electron chi connectivity index (χ0n) is 10.9. The maximum atomic E-state index is 11.4. The lowest BCUT2D eigenvalue weighted by atomic mass is 10.1. The van der Waals surface area contributed by atoms with Crippen molar-refractivity contribution in [3.05, 3.63) is 30.2 Å². The highest BCUT2D eigenvalue weighted by atomic mass is 16.5. The Bertz CT molecular complexity index is 578. The maximum Gasteiger partial charge on any atom is 0.236 e. The Balaban J connectivity index is 1.72. The summed E-state index contributed by atoms with van der Waals surface area (Å²) in [4.78, 5) is 13.4. The predicted octanol–water partition coefficient (Wildman–Crippen LogP) is 0.194. The van der Waals surface area contributed by atoms with Gasteiger partial charge in [0.2, 0.25) is 11.7 Å². The highest BCUT2D eigenvalue weighted by Crippen LogP contribution is 2.21. The summed E-state index contributed by atoms with van der Waals surface area (Å²) in [6.45, 7) is 2.67. The third kappa shape index (κ3) is 2.59. The van der Waals surface area contributed by atoms with Crippen molar-refractivity contribution in [3.63, 3.8) is 0 Å². The van der Waals surface area contributed by atoms with Crippen molar-refractivity contribution >= 4 is 5.91 Å². The van der Waals surface area contributed by atoms with Crippen LogP contribution in [0.25, 0.3) is 11.5 Å². The van der Waals surface area contributed by atoms with Gasteiger partial charge < -0.3 is 20.0 Å². The Hall–Kier alpha value is -2.12. The van der Waals surface area contributed by atoms with Gasteiger partial charge in [-0.25, -0.2) is 0 Å². The van der Waals surface area contributed by atoms with Gasteiger partial charge in [0.1, 0.15) is 6.04 Å². The lowest BCUT2D eigenvalue weighted by Gasteiger charge is -2.33. The summed E-state index contributed by atoms with van der Waals surface area (Å²) in [5.74, 6) is 0.887. The number of rotatable bonds is 4. The van der Waals surface area contributed by atoms with Crippen LogP contribution < -0.4 is 11.1 Å². The molecule has 106 valence electrons. The van der Waals surface area contributed by atoms with Crippen molar-refractivity contribution in [2.75, 3.05) is 19.6 Å². The third-order valence-electron chi connectivity index (χ3n) is 3.37. The molecular formula is C13H16N4O3. The molecule has 0 radical (unpaired) electrons. The van der Waals surface area contributed by atoms with Crippen LogP contribution in [0.5, 0.6) is 0 Å². The van der Waals surface area contributed by atoms with Crippen LogP contribution in [0.3, 0.4) is 0 Å². The summed E-state index contributed by atoms with van der Waals surface area (Å²) in [6.07, 6.45) is 1.58. The second-order valence-corrected chi connectivity index (χ2v) is 4.75. The number of furan rings is 1. The quantitative estimate of drug-likeness (QED) is 0.827. The minimum absolute atomic E-state index is 0.312. The molecule has 1 amide bonds. The molecule has 2 aromatic heterocycles. The number of primary amides is 1. The highest BCUT2D eigenvalue weighted by Gasteiger charge is 2.27. The average molecular weight is 276 g/mol. The molecule has 3 N–H and O–H groups in total. The van der Waals surface area contributed by atoms with E-state index >= 15 is 0 Å². The van der Waals surface area contributed by atoms with Crippen molar-refractivity contribution in [2.24, 2.45) is 5.73 Å². The van der Waals surface area contributed by atoms with E-state index in [1.807, 2.05) is 11.0 Å². The van der Waals surface area contributed by atoms with Gasteiger partial charge in [-0.2, -0.15) is 0 Å². The minimum atomic E-state index is -0.327. The predicted molar refractivity (Wildman–Crippen MR) is 70.5 cm³/mol. The zero-order chi connectivity index (χ0) is 13.9. The molecule has 0 aliphatic carbocycles. The molecule has 3 rings (SSSR count). The van der Waals surface area contributed by atoms with Gasteiger partial charge in [-0.15, -0.1) is 0 Å². The standard InChI is InChI=1S/C13H16N4O3/c14-13(18)10-7-15-3-4-17(10)8-9-6-12(20-16-9)11-2-1-5-19-11/h1-2,5-6,10,15H,3-4,7-8H2,(H2,14,18). The molecule has 1 saturated heterocycles. The lowest BCUT2D eigenvalue weighted by molar-refractivity contribution is -0.124. The van der Waals surface area contributed by atoms with Crippen LogP contribution in [0.1, 0.15) is 5.69 Å². The number of nitrogens with one attached hydrogen (secondary N) is 1. The van der Waals surface area contributed by atoms with E-state index in [2.05, 4.69) is 10.5 Å². The molecular weight excluding hydrogens is 260 g/mol. The summed E-state index contributed by atoms with van der Waals surface area (Å²) in [6, 6.07) is 5.10. The van der Waals surface area contributed by atoms with E-state index in [-0.39, 0.29) is 11.9 Å². The van der Waals surface area contributed by atoms with Crippen LogP contribution in [0, 0.1) is 0 Å². The molecule has 0 aromatic carbocycles. The molecule has 0 bridgehead atoms. The number of amides is 1. The number of carbonyl (C=O) groups excluding carboxylic acids is 1. The molecule has 0 spiro atoms. The van der Waals surface area contributed by atoms with Crippen LogP contribution in [-0.2, 0) is 11.3 Å². The second-order valence-electron chi connectivity index (χ2n) is 4.75. The van der Waals surface area contributed by atoms with Gasteiger partial charge in [-0.3, -0.25) is 9.69 Å². The molecule has 1 atom stereocenters. The van der Waals surface area contributed by atoms with Crippen LogP contribution in [-0.4, -0.2) is 41.6 Å². The van der Waals surface area contributed by atoms with Crippen molar-refractivity contribution in [2.45, 2.75) is 12.6 Å². The van der Waals surface area contributed by atoms with Crippen LogP contribution in [0.15, 0.2) is 33.4 Å². The molecule has 1 fully saturated rings. The Morgan fingerprint density at radius 2 is 2.45 bits per heavy atom. The average Bonchev–Trinajstić information content (AvgIpc) is 3.09. The van der Waals surface area contributed by atoms with Crippen LogP contribution in [0.2, 0.25) is 0 Å². The van der Waals surface area contributed by atoms with E-state index < -0.39 is 0 Å². The van der Waals surface area contributed by atoms with Gasteiger partial charge in [-0.1, -0.05) is 5.16 Å². The van der Waals surface area contributed by atoms with E-state index in [0.717, 1.165) is 18.8 Å². The summed E-state index contributed by atoms with van der Waals surface area (Å²) in [5.41, 5.74) is 6.17. The third-order valence-corrected chi connectivity index (χ3v) is 3.37. The van der Waals surface area contributed by atoms with E-state index in [1.54, 1.807) is 18.4 Å². The highest BCUT2D eigenvalue weighted by molar-refractivity contribution is 5.80.